The van der Waals surface area contributed by atoms with Crippen molar-refractivity contribution in [2.45, 2.75) is 20.0 Å². The number of nitro groups is 1. The molecule has 1 heterocycles. The summed E-state index contributed by atoms with van der Waals surface area (Å²) in [5.74, 6) is 0.575. The average molecular weight is 447 g/mol. The molecule has 0 saturated heterocycles. The van der Waals surface area contributed by atoms with Crippen molar-refractivity contribution in [3.63, 3.8) is 0 Å². The highest BCUT2D eigenvalue weighted by Crippen LogP contribution is 2.17. The van der Waals surface area contributed by atoms with E-state index in [4.69, 9.17) is 0 Å². The minimum atomic E-state index is -0.383. The summed E-state index contributed by atoms with van der Waals surface area (Å²) in [6.07, 6.45) is 1.82. The molecule has 0 unspecified atom stereocenters. The van der Waals surface area contributed by atoms with Crippen LogP contribution in [0.5, 0.6) is 0 Å². The Kier molecular flexibility index (Phi) is 7.89. The number of hydrogen-bond acceptors (Lipinski definition) is 5. The van der Waals surface area contributed by atoms with Crippen LogP contribution >= 0.6 is 35.3 Å². The van der Waals surface area contributed by atoms with Crippen LogP contribution in [0.1, 0.15) is 15.4 Å². The third kappa shape index (κ3) is 5.75. The lowest BCUT2D eigenvalue weighted by molar-refractivity contribution is -0.385. The number of nitrogens with one attached hydrogen (secondary N) is 2. The van der Waals surface area contributed by atoms with E-state index in [1.807, 2.05) is 13.1 Å². The number of aryl methyl sites for hydroxylation is 1. The maximum Gasteiger partial charge on any atom is 0.274 e. The number of halogens is 1. The zero-order chi connectivity index (χ0) is 15.9. The third-order valence-corrected chi connectivity index (χ3v) is 3.85. The van der Waals surface area contributed by atoms with E-state index in [1.165, 1.54) is 6.07 Å². The molecule has 0 atom stereocenters. The molecule has 0 fully saturated rings. The zero-order valence-electron chi connectivity index (χ0n) is 12.8. The number of aromatic nitrogens is 1. The molecule has 1 aromatic carbocycles. The number of nitro benzene ring substituents is 1. The molecule has 124 valence electrons. The zero-order valence-corrected chi connectivity index (χ0v) is 15.9. The first-order valence-electron chi connectivity index (χ1n) is 6.68. The Labute approximate surface area is 155 Å². The van der Waals surface area contributed by atoms with Crippen LogP contribution < -0.4 is 10.6 Å². The monoisotopic (exact) mass is 447 g/mol. The van der Waals surface area contributed by atoms with Gasteiger partial charge in [-0.3, -0.25) is 15.1 Å². The maximum atomic E-state index is 11.0. The number of nitrogens with zero attached hydrogens (tertiary/aromatic N) is 3. The number of para-hydroxylation sites is 1. The first kappa shape index (κ1) is 19.3. The first-order valence-corrected chi connectivity index (χ1v) is 7.50. The SMILES string of the molecule is CN=C(NCc1ncc(C)s1)NCc1ccccc1[N+](=O)[O-].I. The van der Waals surface area contributed by atoms with Crippen LogP contribution in [0.15, 0.2) is 35.5 Å². The van der Waals surface area contributed by atoms with Crippen molar-refractivity contribution in [2.24, 2.45) is 4.99 Å². The summed E-state index contributed by atoms with van der Waals surface area (Å²) in [5.41, 5.74) is 0.710. The van der Waals surface area contributed by atoms with Gasteiger partial charge in [0.05, 0.1) is 11.5 Å². The van der Waals surface area contributed by atoms with Crippen LogP contribution in [-0.4, -0.2) is 22.9 Å². The minimum absolute atomic E-state index is 0. The fourth-order valence-electron chi connectivity index (χ4n) is 1.88. The van der Waals surface area contributed by atoms with Crippen molar-refractivity contribution in [1.29, 1.82) is 0 Å². The van der Waals surface area contributed by atoms with Gasteiger partial charge in [0, 0.05) is 36.3 Å². The van der Waals surface area contributed by atoms with Crippen LogP contribution in [-0.2, 0) is 13.1 Å². The predicted octanol–water partition coefficient (Wildman–Crippen LogP) is 2.84. The summed E-state index contributed by atoms with van der Waals surface area (Å²) in [4.78, 5) is 20.1. The molecule has 7 nitrogen and oxygen atoms in total. The molecular weight excluding hydrogens is 429 g/mol. The molecule has 0 bridgehead atoms. The van der Waals surface area contributed by atoms with E-state index < -0.39 is 0 Å². The highest BCUT2D eigenvalue weighted by Gasteiger charge is 2.12. The van der Waals surface area contributed by atoms with Crippen molar-refractivity contribution >= 4 is 47.0 Å². The smallest absolute Gasteiger partial charge is 0.274 e. The first-order chi connectivity index (χ1) is 10.6. The standard InChI is InChI=1S/C14H17N5O2S.HI/c1-10-7-16-13(22-10)9-18-14(15-2)17-8-11-5-3-4-6-12(11)19(20)21;/h3-7H,8-9H2,1-2H3,(H2,15,17,18);1H. The Hall–Kier alpha value is -1.75. The van der Waals surface area contributed by atoms with Gasteiger partial charge >= 0.3 is 0 Å². The van der Waals surface area contributed by atoms with E-state index in [9.17, 15) is 10.1 Å². The molecule has 2 aromatic rings. The summed E-state index contributed by atoms with van der Waals surface area (Å²) in [6, 6.07) is 6.65. The van der Waals surface area contributed by atoms with Gasteiger partial charge in [-0.25, -0.2) is 4.98 Å². The van der Waals surface area contributed by atoms with Gasteiger partial charge in [0.2, 0.25) is 0 Å². The summed E-state index contributed by atoms with van der Waals surface area (Å²) in [5, 5.41) is 18.1. The molecule has 0 aliphatic rings. The predicted molar refractivity (Wildman–Crippen MR) is 102 cm³/mol. The molecule has 0 spiro atoms. The summed E-state index contributed by atoms with van der Waals surface area (Å²) >= 11 is 1.62. The van der Waals surface area contributed by atoms with Crippen molar-refractivity contribution < 1.29 is 4.92 Å². The Morgan fingerprint density at radius 2 is 2.04 bits per heavy atom. The molecule has 2 rings (SSSR count). The van der Waals surface area contributed by atoms with Crippen LogP contribution in [0.4, 0.5) is 5.69 Å². The molecular formula is C14H18IN5O2S. The van der Waals surface area contributed by atoms with Gasteiger partial charge < -0.3 is 10.6 Å². The second-order valence-corrected chi connectivity index (χ2v) is 5.85. The van der Waals surface area contributed by atoms with E-state index in [2.05, 4.69) is 20.6 Å². The quantitative estimate of drug-likeness (QED) is 0.242. The van der Waals surface area contributed by atoms with Gasteiger partial charge in [-0.05, 0) is 6.92 Å². The second kappa shape index (κ2) is 9.40. The van der Waals surface area contributed by atoms with Gasteiger partial charge in [-0.15, -0.1) is 35.3 Å². The average Bonchev–Trinajstić information content (AvgIpc) is 2.93. The molecule has 0 aliphatic carbocycles. The lowest BCUT2D eigenvalue weighted by atomic mass is 10.2. The largest absolute Gasteiger partial charge is 0.352 e. The van der Waals surface area contributed by atoms with Gasteiger partial charge in [0.1, 0.15) is 5.01 Å². The summed E-state index contributed by atoms with van der Waals surface area (Å²) in [6.45, 7) is 2.89. The Bertz CT molecular complexity index is 689. The van der Waals surface area contributed by atoms with E-state index >= 15 is 0 Å². The number of hydrogen-bond donors (Lipinski definition) is 2. The number of rotatable bonds is 5. The number of guanidine groups is 1. The van der Waals surface area contributed by atoms with E-state index in [1.54, 1.807) is 36.6 Å². The Morgan fingerprint density at radius 3 is 2.65 bits per heavy atom. The summed E-state index contributed by atoms with van der Waals surface area (Å²) < 4.78 is 0. The highest BCUT2D eigenvalue weighted by molar-refractivity contribution is 14.0. The molecule has 1 aromatic heterocycles. The fraction of sp³-hybridized carbons (Fsp3) is 0.286. The Morgan fingerprint density at radius 1 is 1.35 bits per heavy atom. The second-order valence-electron chi connectivity index (χ2n) is 4.53. The molecule has 2 N–H and O–H groups in total. The third-order valence-electron chi connectivity index (χ3n) is 2.93. The van der Waals surface area contributed by atoms with Crippen LogP contribution in [0.3, 0.4) is 0 Å². The lowest BCUT2D eigenvalue weighted by Crippen LogP contribution is -2.36. The molecule has 0 radical (unpaired) electrons. The van der Waals surface area contributed by atoms with Crippen molar-refractivity contribution in [2.75, 3.05) is 7.05 Å². The van der Waals surface area contributed by atoms with Gasteiger partial charge in [-0.2, -0.15) is 0 Å². The van der Waals surface area contributed by atoms with Crippen LogP contribution in [0.25, 0.3) is 0 Å². The maximum absolute atomic E-state index is 11.0. The number of aliphatic imine (C=N–C) groups is 1. The number of benzene rings is 1. The van der Waals surface area contributed by atoms with Crippen molar-refractivity contribution in [3.8, 4) is 0 Å². The molecule has 9 heteroatoms. The van der Waals surface area contributed by atoms with E-state index in [0.717, 1.165) is 9.88 Å². The van der Waals surface area contributed by atoms with E-state index in [-0.39, 0.29) is 34.6 Å². The molecule has 0 saturated carbocycles. The van der Waals surface area contributed by atoms with Crippen molar-refractivity contribution in [3.05, 3.63) is 56.0 Å². The minimum Gasteiger partial charge on any atom is -0.352 e. The van der Waals surface area contributed by atoms with Crippen LogP contribution in [0, 0.1) is 17.0 Å². The van der Waals surface area contributed by atoms with Gasteiger partial charge in [-0.1, -0.05) is 18.2 Å². The van der Waals surface area contributed by atoms with Gasteiger partial charge in [0.15, 0.2) is 5.96 Å². The fourth-order valence-corrected chi connectivity index (χ4v) is 2.61. The van der Waals surface area contributed by atoms with Crippen LogP contribution in [0.2, 0.25) is 0 Å². The molecule has 23 heavy (non-hydrogen) atoms. The van der Waals surface area contributed by atoms with Gasteiger partial charge in [0.25, 0.3) is 5.69 Å². The Balaban J connectivity index is 0.00000264. The lowest BCUT2D eigenvalue weighted by Gasteiger charge is -2.11. The normalized spacial score (nSPS) is 10.8. The van der Waals surface area contributed by atoms with Crippen molar-refractivity contribution in [1.82, 2.24) is 15.6 Å². The molecule has 0 amide bonds. The molecule has 0 aliphatic heterocycles. The highest BCUT2D eigenvalue weighted by atomic mass is 127. The topological polar surface area (TPSA) is 92.5 Å². The van der Waals surface area contributed by atoms with E-state index in [0.29, 0.717) is 24.6 Å². The summed E-state index contributed by atoms with van der Waals surface area (Å²) in [7, 11) is 1.65. The number of thiazole rings is 1.